The number of nitrogens with zero attached hydrogens (tertiary/aromatic N) is 1. The Morgan fingerprint density at radius 1 is 0.962 bits per heavy atom. The molecule has 0 unspecified atom stereocenters. The molecule has 0 aliphatic rings. The Morgan fingerprint density at radius 2 is 1.65 bits per heavy atom. The van der Waals surface area contributed by atoms with Gasteiger partial charge in [-0.2, -0.15) is 0 Å². The van der Waals surface area contributed by atoms with E-state index in [1.165, 1.54) is 0 Å². The molecule has 0 aliphatic carbocycles. The molecule has 0 saturated carbocycles. The number of aromatic nitrogens is 1. The number of rotatable bonds is 12. The second kappa shape index (κ2) is 12.0. The van der Waals surface area contributed by atoms with E-state index in [-0.39, 0.29) is 6.61 Å². The third kappa shape index (κ3) is 7.63. The van der Waals surface area contributed by atoms with Crippen molar-refractivity contribution in [3.8, 4) is 5.88 Å². The molecule has 5 nitrogen and oxygen atoms in total. The number of nitrogens with one attached hydrogen (secondary N) is 1. The van der Waals surface area contributed by atoms with Gasteiger partial charge in [0.05, 0.1) is 26.4 Å². The maximum Gasteiger partial charge on any atom is 0.213 e. The highest BCUT2D eigenvalue weighted by Gasteiger charge is 1.96. The summed E-state index contributed by atoms with van der Waals surface area (Å²) in [5, 5.41) is 2.45. The Labute approximate surface area is 158 Å². The number of hydrogen-bond acceptors (Lipinski definition) is 5. The van der Waals surface area contributed by atoms with Crippen molar-refractivity contribution in [2.75, 3.05) is 52.0 Å². The van der Waals surface area contributed by atoms with E-state index < -0.39 is 13.7 Å². The lowest BCUT2D eigenvalue weighted by atomic mass is 10.1. The molecule has 0 saturated heterocycles. The van der Waals surface area contributed by atoms with Crippen molar-refractivity contribution < 1.29 is 22.7 Å². The molecular weight excluding hydrogens is 334 g/mol. The lowest BCUT2D eigenvalue weighted by Crippen LogP contribution is -2.11. The number of halogens is 1. The molecule has 0 bridgehead atoms. The fourth-order valence-corrected chi connectivity index (χ4v) is 2.03. The molecule has 0 amide bonds. The monoisotopic (exact) mass is 362 g/mol. The van der Waals surface area contributed by atoms with Crippen LogP contribution in [-0.4, -0.2) is 51.7 Å². The van der Waals surface area contributed by atoms with Gasteiger partial charge in [-0.1, -0.05) is 24.3 Å². The Kier molecular flexibility index (Phi) is 7.29. The number of anilines is 1. The predicted molar refractivity (Wildman–Crippen MR) is 102 cm³/mol. The van der Waals surface area contributed by atoms with Crippen LogP contribution in [0.3, 0.4) is 0 Å². The van der Waals surface area contributed by atoms with Gasteiger partial charge in [0.25, 0.3) is 0 Å². The smallest absolute Gasteiger partial charge is 0.213 e. The highest BCUT2D eigenvalue weighted by molar-refractivity contribution is 5.70. The number of pyridine rings is 1. The number of ether oxygens (including phenoxy) is 3. The summed E-state index contributed by atoms with van der Waals surface area (Å²) in [6.45, 7) is -1.08. The molecule has 1 aromatic carbocycles. The number of alkyl halides is 1. The molecule has 6 heteroatoms. The van der Waals surface area contributed by atoms with Gasteiger partial charge < -0.3 is 19.5 Å². The van der Waals surface area contributed by atoms with Crippen LogP contribution in [0.15, 0.2) is 42.6 Å². The van der Waals surface area contributed by atoms with Crippen LogP contribution in [0.25, 0.3) is 12.2 Å². The Hall–Kier alpha value is -2.44. The fourth-order valence-electron chi connectivity index (χ4n) is 2.03. The van der Waals surface area contributed by atoms with Gasteiger partial charge in [0.2, 0.25) is 5.88 Å². The van der Waals surface area contributed by atoms with Crippen LogP contribution in [0.4, 0.5) is 10.1 Å². The molecule has 0 aliphatic heterocycles. The molecule has 1 heterocycles. The van der Waals surface area contributed by atoms with Gasteiger partial charge >= 0.3 is 0 Å². The summed E-state index contributed by atoms with van der Waals surface area (Å²) in [4.78, 5) is 4.24. The molecule has 0 spiro atoms. The van der Waals surface area contributed by atoms with Gasteiger partial charge in [0, 0.05) is 29.0 Å². The first-order valence-corrected chi connectivity index (χ1v) is 8.33. The van der Waals surface area contributed by atoms with E-state index in [1.807, 2.05) is 30.4 Å². The van der Waals surface area contributed by atoms with E-state index >= 15 is 0 Å². The van der Waals surface area contributed by atoms with Gasteiger partial charge in [-0.25, -0.2) is 9.37 Å². The molecule has 26 heavy (non-hydrogen) atoms. The van der Waals surface area contributed by atoms with Crippen LogP contribution in [0.2, 0.25) is 0 Å². The van der Waals surface area contributed by atoms with Crippen molar-refractivity contribution in [1.82, 2.24) is 4.98 Å². The van der Waals surface area contributed by atoms with Gasteiger partial charge in [0.15, 0.2) is 0 Å². The average Bonchev–Trinajstić information content (AvgIpc) is 2.69. The third-order valence-electron chi connectivity index (χ3n) is 3.35. The van der Waals surface area contributed by atoms with Crippen LogP contribution in [-0.2, 0) is 9.47 Å². The maximum atomic E-state index is 11.8. The topological polar surface area (TPSA) is 52.6 Å². The Morgan fingerprint density at radius 3 is 2.35 bits per heavy atom. The summed E-state index contributed by atoms with van der Waals surface area (Å²) >= 11 is 0. The van der Waals surface area contributed by atoms with Crippen molar-refractivity contribution in [3.63, 3.8) is 0 Å². The Balaban J connectivity index is 1.71. The SMILES string of the molecule is [2H]C([2H])([2H])Nc1ccc(/C=C/c2ccc(OCCOCCOCC[18F])nc2)cc1. The van der Waals surface area contributed by atoms with Crippen LogP contribution in [0.5, 0.6) is 5.88 Å². The second-order valence-corrected chi connectivity index (χ2v) is 5.27. The summed E-state index contributed by atoms with van der Waals surface area (Å²) < 4.78 is 49.2. The van der Waals surface area contributed by atoms with E-state index in [4.69, 9.17) is 18.3 Å². The normalized spacial score (nSPS) is 13.2. The lowest BCUT2D eigenvalue weighted by molar-refractivity contribution is 0.0320. The van der Waals surface area contributed by atoms with Crippen molar-refractivity contribution in [3.05, 3.63) is 53.7 Å². The molecule has 0 radical (unpaired) electrons. The average molecular weight is 362 g/mol. The van der Waals surface area contributed by atoms with Crippen LogP contribution < -0.4 is 10.1 Å². The Bertz CT molecular complexity index is 738. The molecule has 2 aromatic rings. The summed E-state index contributed by atoms with van der Waals surface area (Å²) in [6.07, 6.45) is 5.51. The zero-order chi connectivity index (χ0) is 21.0. The van der Waals surface area contributed by atoms with Crippen LogP contribution in [0, 0.1) is 0 Å². The summed E-state index contributed by atoms with van der Waals surface area (Å²) in [7, 11) is 0. The number of benzene rings is 1. The summed E-state index contributed by atoms with van der Waals surface area (Å²) in [6, 6.07) is 10.8. The van der Waals surface area contributed by atoms with E-state index in [2.05, 4.69) is 10.3 Å². The molecule has 0 fully saturated rings. The van der Waals surface area contributed by atoms with E-state index in [1.54, 1.807) is 24.4 Å². The first-order valence-electron chi connectivity index (χ1n) is 9.83. The van der Waals surface area contributed by atoms with Crippen molar-refractivity contribution in [2.45, 2.75) is 0 Å². The lowest BCUT2D eigenvalue weighted by Gasteiger charge is -2.06. The fraction of sp³-hybridized carbons (Fsp3) is 0.350. The minimum Gasteiger partial charge on any atom is -0.475 e. The zero-order valence-corrected chi connectivity index (χ0v) is 14.5. The largest absolute Gasteiger partial charge is 0.475 e. The molecule has 1 aromatic heterocycles. The quantitative estimate of drug-likeness (QED) is 0.584. The van der Waals surface area contributed by atoms with E-state index in [0.717, 1.165) is 11.1 Å². The van der Waals surface area contributed by atoms with Gasteiger partial charge in [0.1, 0.15) is 13.3 Å². The minimum absolute atomic E-state index is 0.0950. The summed E-state index contributed by atoms with van der Waals surface area (Å²) in [5.41, 5.74) is 2.39. The standard InChI is InChI=1S/C20H25FN2O3/c1-22-19-7-4-17(5-8-19)2-3-18-6-9-20(23-16-18)26-15-14-25-13-12-24-11-10-21/h2-9,16,22H,10-15H2,1H3/b3-2+/i1D3,21-1. The molecular formula is C20H25FN2O3. The van der Waals surface area contributed by atoms with Crippen molar-refractivity contribution >= 4 is 17.8 Å². The third-order valence-corrected chi connectivity index (χ3v) is 3.35. The first kappa shape index (κ1) is 15.8. The van der Waals surface area contributed by atoms with Gasteiger partial charge in [-0.3, -0.25) is 0 Å². The minimum atomic E-state index is -2.20. The highest BCUT2D eigenvalue weighted by Crippen LogP contribution is 2.13. The van der Waals surface area contributed by atoms with Crippen LogP contribution in [0.1, 0.15) is 15.2 Å². The zero-order valence-electron chi connectivity index (χ0n) is 17.5. The first-order chi connectivity index (χ1) is 14.0. The second-order valence-electron chi connectivity index (χ2n) is 5.27. The number of hydrogen-bond donors (Lipinski definition) is 1. The predicted octanol–water partition coefficient (Wildman–Crippen LogP) is 3.68. The molecule has 0 atom stereocenters. The maximum absolute atomic E-state index is 11.8. The van der Waals surface area contributed by atoms with Crippen LogP contribution >= 0.6 is 0 Å². The van der Waals surface area contributed by atoms with E-state index in [0.29, 0.717) is 38.0 Å². The van der Waals surface area contributed by atoms with E-state index in [9.17, 15) is 4.39 Å². The van der Waals surface area contributed by atoms with Gasteiger partial charge in [-0.15, -0.1) is 0 Å². The van der Waals surface area contributed by atoms with Crippen molar-refractivity contribution in [1.29, 1.82) is 0 Å². The highest BCUT2D eigenvalue weighted by atomic mass is 18.2. The van der Waals surface area contributed by atoms with Crippen molar-refractivity contribution in [2.24, 2.45) is 0 Å². The molecule has 1 N–H and O–H groups in total. The molecule has 2 rings (SSSR count). The van der Waals surface area contributed by atoms with Gasteiger partial charge in [-0.05, 0) is 29.3 Å². The summed E-state index contributed by atoms with van der Waals surface area (Å²) in [5.74, 6) is 0.500. The molecule has 140 valence electrons.